The van der Waals surface area contributed by atoms with Crippen LogP contribution in [0.5, 0.6) is 0 Å². The Labute approximate surface area is 89.1 Å². The molecule has 0 heterocycles. The van der Waals surface area contributed by atoms with E-state index in [1.54, 1.807) is 0 Å². The number of hydrogen-bond acceptors (Lipinski definition) is 2. The second-order valence-electron chi connectivity index (χ2n) is 5.17. The van der Waals surface area contributed by atoms with Gasteiger partial charge in [-0.2, -0.15) is 0 Å². The highest BCUT2D eigenvalue weighted by atomic mass is 15.1. The minimum absolute atomic E-state index is 0.689. The molecule has 1 aliphatic rings. The molecule has 1 fully saturated rings. The molecule has 1 aliphatic carbocycles. The van der Waals surface area contributed by atoms with Gasteiger partial charge in [-0.1, -0.05) is 20.8 Å². The molecule has 1 rings (SSSR count). The topological polar surface area (TPSA) is 15.3 Å². The third-order valence-corrected chi connectivity index (χ3v) is 3.49. The molecule has 4 unspecified atom stereocenters. The summed E-state index contributed by atoms with van der Waals surface area (Å²) in [7, 11) is 4.42. The van der Waals surface area contributed by atoms with Gasteiger partial charge in [0.05, 0.1) is 0 Å². The standard InChI is InChI=1S/C12H26N2/c1-6-13-11-8-9(2)7-10(3)12(11)14(4)5/h9-13H,6-8H2,1-5H3. The zero-order valence-corrected chi connectivity index (χ0v) is 10.4. The van der Waals surface area contributed by atoms with Gasteiger partial charge in [0.2, 0.25) is 0 Å². The van der Waals surface area contributed by atoms with E-state index in [4.69, 9.17) is 0 Å². The summed E-state index contributed by atoms with van der Waals surface area (Å²) < 4.78 is 0. The summed E-state index contributed by atoms with van der Waals surface area (Å²) in [5.41, 5.74) is 0. The smallest absolute Gasteiger partial charge is 0.0269 e. The van der Waals surface area contributed by atoms with Crippen LogP contribution in [-0.2, 0) is 0 Å². The lowest BCUT2D eigenvalue weighted by molar-refractivity contribution is 0.0993. The van der Waals surface area contributed by atoms with Crippen LogP contribution in [0.3, 0.4) is 0 Å². The number of rotatable bonds is 3. The van der Waals surface area contributed by atoms with Crippen molar-refractivity contribution in [3.63, 3.8) is 0 Å². The number of likely N-dealkylation sites (N-methyl/N-ethyl adjacent to an activating group) is 2. The largest absolute Gasteiger partial charge is 0.313 e. The fourth-order valence-electron chi connectivity index (χ4n) is 3.17. The lowest BCUT2D eigenvalue weighted by Gasteiger charge is -2.43. The first-order chi connectivity index (χ1) is 6.56. The minimum atomic E-state index is 0.689. The average Bonchev–Trinajstić information content (AvgIpc) is 2.01. The summed E-state index contributed by atoms with van der Waals surface area (Å²) in [6.07, 6.45) is 2.71. The van der Waals surface area contributed by atoms with Gasteiger partial charge >= 0.3 is 0 Å². The van der Waals surface area contributed by atoms with Crippen LogP contribution < -0.4 is 5.32 Å². The van der Waals surface area contributed by atoms with Crippen LogP contribution in [0.2, 0.25) is 0 Å². The number of nitrogens with zero attached hydrogens (tertiary/aromatic N) is 1. The highest BCUT2D eigenvalue weighted by Crippen LogP contribution is 2.31. The molecule has 84 valence electrons. The molecule has 0 spiro atoms. The first-order valence-corrected chi connectivity index (χ1v) is 5.96. The summed E-state index contributed by atoms with van der Waals surface area (Å²) in [6.45, 7) is 8.07. The molecule has 0 bridgehead atoms. The molecule has 0 aromatic carbocycles. The van der Waals surface area contributed by atoms with E-state index < -0.39 is 0 Å². The Bertz CT molecular complexity index is 168. The maximum absolute atomic E-state index is 3.64. The van der Waals surface area contributed by atoms with Crippen molar-refractivity contribution >= 4 is 0 Å². The third-order valence-electron chi connectivity index (χ3n) is 3.49. The van der Waals surface area contributed by atoms with Crippen molar-refractivity contribution in [2.75, 3.05) is 20.6 Å². The van der Waals surface area contributed by atoms with Crippen molar-refractivity contribution < 1.29 is 0 Å². The van der Waals surface area contributed by atoms with E-state index in [0.29, 0.717) is 12.1 Å². The van der Waals surface area contributed by atoms with Crippen LogP contribution in [0, 0.1) is 11.8 Å². The molecule has 1 N–H and O–H groups in total. The van der Waals surface area contributed by atoms with Crippen molar-refractivity contribution in [2.45, 2.75) is 45.7 Å². The van der Waals surface area contributed by atoms with Crippen molar-refractivity contribution in [3.8, 4) is 0 Å². The maximum Gasteiger partial charge on any atom is 0.0269 e. The zero-order chi connectivity index (χ0) is 10.7. The molecule has 14 heavy (non-hydrogen) atoms. The highest BCUT2D eigenvalue weighted by molar-refractivity contribution is 4.92. The van der Waals surface area contributed by atoms with Crippen LogP contribution in [0.1, 0.15) is 33.6 Å². The molecule has 0 aromatic heterocycles. The lowest BCUT2D eigenvalue weighted by Crippen LogP contribution is -2.54. The van der Waals surface area contributed by atoms with E-state index >= 15 is 0 Å². The quantitative estimate of drug-likeness (QED) is 0.746. The Balaban J connectivity index is 2.65. The molecule has 2 nitrogen and oxygen atoms in total. The van der Waals surface area contributed by atoms with Gasteiger partial charge in [-0.3, -0.25) is 0 Å². The van der Waals surface area contributed by atoms with Crippen molar-refractivity contribution in [3.05, 3.63) is 0 Å². The third kappa shape index (κ3) is 2.71. The summed E-state index contributed by atoms with van der Waals surface area (Å²) in [4.78, 5) is 2.39. The predicted molar refractivity (Wildman–Crippen MR) is 62.5 cm³/mol. The molecule has 2 heteroatoms. The number of nitrogens with one attached hydrogen (secondary N) is 1. The summed E-state index contributed by atoms with van der Waals surface area (Å²) in [5, 5.41) is 3.64. The second kappa shape index (κ2) is 5.13. The summed E-state index contributed by atoms with van der Waals surface area (Å²) in [6, 6.07) is 1.40. The van der Waals surface area contributed by atoms with Gasteiger partial charge in [0, 0.05) is 12.1 Å². The van der Waals surface area contributed by atoms with Gasteiger partial charge in [0.1, 0.15) is 0 Å². The summed E-state index contributed by atoms with van der Waals surface area (Å²) in [5.74, 6) is 1.70. The second-order valence-corrected chi connectivity index (χ2v) is 5.17. The lowest BCUT2D eigenvalue weighted by atomic mass is 9.76. The fraction of sp³-hybridized carbons (Fsp3) is 1.00. The van der Waals surface area contributed by atoms with Gasteiger partial charge in [0.15, 0.2) is 0 Å². The fourth-order valence-corrected chi connectivity index (χ4v) is 3.17. The van der Waals surface area contributed by atoms with Crippen molar-refractivity contribution in [1.82, 2.24) is 10.2 Å². The van der Waals surface area contributed by atoms with E-state index in [-0.39, 0.29) is 0 Å². The molecule has 0 saturated heterocycles. The molecule has 0 aliphatic heterocycles. The molecule has 0 aromatic rings. The van der Waals surface area contributed by atoms with Crippen LogP contribution >= 0.6 is 0 Å². The Hall–Kier alpha value is -0.0800. The van der Waals surface area contributed by atoms with Crippen LogP contribution in [0.4, 0.5) is 0 Å². The zero-order valence-electron chi connectivity index (χ0n) is 10.4. The van der Waals surface area contributed by atoms with Gasteiger partial charge in [-0.25, -0.2) is 0 Å². The first-order valence-electron chi connectivity index (χ1n) is 5.96. The molecule has 4 atom stereocenters. The van der Waals surface area contributed by atoms with Gasteiger partial charge in [-0.05, 0) is 45.3 Å². The molecular formula is C12H26N2. The van der Waals surface area contributed by atoms with Gasteiger partial charge in [-0.15, -0.1) is 0 Å². The van der Waals surface area contributed by atoms with E-state index in [2.05, 4.69) is 45.1 Å². The molecule has 1 saturated carbocycles. The van der Waals surface area contributed by atoms with Crippen molar-refractivity contribution in [2.24, 2.45) is 11.8 Å². The Morgan fingerprint density at radius 1 is 1.21 bits per heavy atom. The van der Waals surface area contributed by atoms with Crippen LogP contribution in [0.25, 0.3) is 0 Å². The molecule has 0 radical (unpaired) electrons. The Morgan fingerprint density at radius 2 is 1.86 bits per heavy atom. The van der Waals surface area contributed by atoms with E-state index in [1.807, 2.05) is 0 Å². The monoisotopic (exact) mass is 198 g/mol. The first kappa shape index (κ1) is 12.0. The highest BCUT2D eigenvalue weighted by Gasteiger charge is 2.34. The SMILES string of the molecule is CCNC1CC(C)CC(C)C1N(C)C. The predicted octanol–water partition coefficient (Wildman–Crippen LogP) is 1.96. The van der Waals surface area contributed by atoms with Crippen molar-refractivity contribution in [1.29, 1.82) is 0 Å². The van der Waals surface area contributed by atoms with Crippen LogP contribution in [-0.4, -0.2) is 37.6 Å². The summed E-state index contributed by atoms with van der Waals surface area (Å²) >= 11 is 0. The normalized spacial score (nSPS) is 39.0. The Morgan fingerprint density at radius 3 is 2.36 bits per heavy atom. The molecule has 0 amide bonds. The van der Waals surface area contributed by atoms with Crippen LogP contribution in [0.15, 0.2) is 0 Å². The Kier molecular flexibility index (Phi) is 4.39. The maximum atomic E-state index is 3.64. The van der Waals surface area contributed by atoms with E-state index in [1.165, 1.54) is 12.8 Å². The molecular weight excluding hydrogens is 172 g/mol. The van der Waals surface area contributed by atoms with E-state index in [9.17, 15) is 0 Å². The van der Waals surface area contributed by atoms with Gasteiger partial charge in [0.25, 0.3) is 0 Å². The van der Waals surface area contributed by atoms with Gasteiger partial charge < -0.3 is 10.2 Å². The minimum Gasteiger partial charge on any atom is -0.313 e. The number of hydrogen-bond donors (Lipinski definition) is 1. The van der Waals surface area contributed by atoms with E-state index in [0.717, 1.165) is 18.4 Å². The average molecular weight is 198 g/mol.